The first kappa shape index (κ1) is 21.2. The van der Waals surface area contributed by atoms with Crippen LogP contribution in [0.5, 0.6) is 5.75 Å². The second-order valence-corrected chi connectivity index (χ2v) is 7.02. The predicted octanol–water partition coefficient (Wildman–Crippen LogP) is 3.44. The molecule has 0 aliphatic carbocycles. The molecule has 0 saturated carbocycles. The smallest absolute Gasteiger partial charge is 0.387 e. The third-order valence-corrected chi connectivity index (χ3v) is 4.97. The van der Waals surface area contributed by atoms with E-state index in [2.05, 4.69) is 31.4 Å². The van der Waals surface area contributed by atoms with Crippen LogP contribution in [0.1, 0.15) is 21.6 Å². The molecule has 0 spiro atoms. The Morgan fingerprint density at radius 1 is 0.938 bits per heavy atom. The summed E-state index contributed by atoms with van der Waals surface area (Å²) in [6, 6.07) is 15.3. The standard InChI is InChI=1S/C24H20F2N4O2/c25-24(26)32-21-10-8-19(17-18(21)7-9-20-5-1-3-11-27-20)23(31)30-15-13-29(14-16-30)22-6-2-4-12-28-22/h1-6,8,10-12,17,24H,13-16H2. The van der Waals surface area contributed by atoms with Gasteiger partial charge in [0.1, 0.15) is 17.3 Å². The van der Waals surface area contributed by atoms with Gasteiger partial charge in [-0.15, -0.1) is 0 Å². The van der Waals surface area contributed by atoms with Crippen molar-refractivity contribution in [1.82, 2.24) is 14.9 Å². The van der Waals surface area contributed by atoms with Gasteiger partial charge >= 0.3 is 6.61 Å². The van der Waals surface area contributed by atoms with Crippen molar-refractivity contribution in [3.8, 4) is 17.6 Å². The number of hydrogen-bond acceptors (Lipinski definition) is 5. The number of nitrogens with zero attached hydrogens (tertiary/aromatic N) is 4. The quantitative estimate of drug-likeness (QED) is 0.589. The van der Waals surface area contributed by atoms with Gasteiger partial charge in [0.2, 0.25) is 0 Å². The second kappa shape index (κ2) is 9.88. The van der Waals surface area contributed by atoms with Gasteiger partial charge in [-0.25, -0.2) is 9.97 Å². The van der Waals surface area contributed by atoms with Crippen molar-refractivity contribution in [2.75, 3.05) is 31.1 Å². The van der Waals surface area contributed by atoms with E-state index in [1.54, 1.807) is 35.5 Å². The molecule has 162 valence electrons. The lowest BCUT2D eigenvalue weighted by atomic mass is 10.1. The van der Waals surface area contributed by atoms with E-state index in [1.165, 1.54) is 18.2 Å². The Labute approximate surface area is 184 Å². The second-order valence-electron chi connectivity index (χ2n) is 7.02. The fraction of sp³-hybridized carbons (Fsp3) is 0.208. The minimum absolute atomic E-state index is 0.0834. The summed E-state index contributed by atoms with van der Waals surface area (Å²) in [4.78, 5) is 25.3. The summed E-state index contributed by atoms with van der Waals surface area (Å²) in [5.41, 5.74) is 1.05. The molecule has 4 rings (SSSR count). The SMILES string of the molecule is O=C(c1ccc(OC(F)F)c(C#Cc2ccccn2)c1)N1CCN(c2ccccn2)CC1. The Morgan fingerprint density at radius 2 is 1.69 bits per heavy atom. The zero-order valence-corrected chi connectivity index (χ0v) is 17.1. The number of halogens is 2. The molecule has 0 unspecified atom stereocenters. The summed E-state index contributed by atoms with van der Waals surface area (Å²) in [7, 11) is 0. The van der Waals surface area contributed by atoms with Crippen molar-refractivity contribution in [3.63, 3.8) is 0 Å². The minimum Gasteiger partial charge on any atom is -0.434 e. The predicted molar refractivity (Wildman–Crippen MR) is 116 cm³/mol. The highest BCUT2D eigenvalue weighted by atomic mass is 19.3. The Hall–Kier alpha value is -3.99. The minimum atomic E-state index is -2.99. The van der Waals surface area contributed by atoms with Gasteiger partial charge in [-0.3, -0.25) is 4.79 Å². The highest BCUT2D eigenvalue weighted by Gasteiger charge is 2.23. The number of carbonyl (C=O) groups excluding carboxylic acids is 1. The molecule has 0 bridgehead atoms. The fourth-order valence-electron chi connectivity index (χ4n) is 3.39. The van der Waals surface area contributed by atoms with Crippen LogP contribution >= 0.6 is 0 Å². The van der Waals surface area contributed by atoms with Gasteiger partial charge in [0.05, 0.1) is 5.56 Å². The lowest BCUT2D eigenvalue weighted by Gasteiger charge is -2.35. The first-order valence-corrected chi connectivity index (χ1v) is 10.1. The van der Waals surface area contributed by atoms with Crippen LogP contribution in [0.15, 0.2) is 67.0 Å². The third-order valence-electron chi connectivity index (χ3n) is 4.97. The maximum atomic E-state index is 13.0. The molecule has 0 atom stereocenters. The van der Waals surface area contributed by atoms with Crippen molar-refractivity contribution in [2.24, 2.45) is 0 Å². The van der Waals surface area contributed by atoms with Crippen LogP contribution < -0.4 is 9.64 Å². The molecule has 32 heavy (non-hydrogen) atoms. The van der Waals surface area contributed by atoms with Gasteiger partial charge in [0, 0.05) is 44.1 Å². The van der Waals surface area contributed by atoms with E-state index >= 15 is 0 Å². The molecular formula is C24H20F2N4O2. The van der Waals surface area contributed by atoms with Crippen LogP contribution in [0.3, 0.4) is 0 Å². The summed E-state index contributed by atoms with van der Waals surface area (Å²) >= 11 is 0. The fourth-order valence-corrected chi connectivity index (χ4v) is 3.39. The summed E-state index contributed by atoms with van der Waals surface area (Å²) < 4.78 is 30.2. The molecule has 2 aromatic heterocycles. The largest absolute Gasteiger partial charge is 0.434 e. The van der Waals surface area contributed by atoms with Gasteiger partial charge in [-0.1, -0.05) is 18.1 Å². The summed E-state index contributed by atoms with van der Waals surface area (Å²) in [6.45, 7) is -0.630. The molecule has 1 fully saturated rings. The first-order chi connectivity index (χ1) is 15.6. The number of amides is 1. The maximum absolute atomic E-state index is 13.0. The molecule has 0 radical (unpaired) electrons. The lowest BCUT2D eigenvalue weighted by Crippen LogP contribution is -2.49. The van der Waals surface area contributed by atoms with Crippen molar-refractivity contribution in [3.05, 3.63) is 83.8 Å². The monoisotopic (exact) mass is 434 g/mol. The van der Waals surface area contributed by atoms with Crippen LogP contribution in [0.25, 0.3) is 0 Å². The van der Waals surface area contributed by atoms with E-state index in [0.717, 1.165) is 5.82 Å². The Kier molecular flexibility index (Phi) is 6.56. The van der Waals surface area contributed by atoms with Crippen LogP contribution in [-0.4, -0.2) is 53.6 Å². The first-order valence-electron chi connectivity index (χ1n) is 10.1. The number of hydrogen-bond donors (Lipinski definition) is 0. The average molecular weight is 434 g/mol. The number of piperazine rings is 1. The van der Waals surface area contributed by atoms with E-state index in [4.69, 9.17) is 0 Å². The highest BCUT2D eigenvalue weighted by Crippen LogP contribution is 2.23. The molecule has 8 heteroatoms. The van der Waals surface area contributed by atoms with Gasteiger partial charge in [-0.05, 0) is 48.4 Å². The Bertz CT molecular complexity index is 1120. The molecule has 1 aliphatic heterocycles. The third kappa shape index (κ3) is 5.19. The van der Waals surface area contributed by atoms with Crippen molar-refractivity contribution >= 4 is 11.7 Å². The summed E-state index contributed by atoms with van der Waals surface area (Å²) in [5, 5.41) is 0. The molecule has 1 aliphatic rings. The van der Waals surface area contributed by atoms with E-state index in [9.17, 15) is 13.6 Å². The topological polar surface area (TPSA) is 58.6 Å². The summed E-state index contributed by atoms with van der Waals surface area (Å²) in [5.74, 6) is 6.23. The van der Waals surface area contributed by atoms with Gasteiger partial charge in [0.15, 0.2) is 0 Å². The van der Waals surface area contributed by atoms with Crippen LogP contribution in [0.4, 0.5) is 14.6 Å². The summed E-state index contributed by atoms with van der Waals surface area (Å²) in [6.07, 6.45) is 3.33. The van der Waals surface area contributed by atoms with Gasteiger partial charge in [0.25, 0.3) is 5.91 Å². The number of anilines is 1. The highest BCUT2D eigenvalue weighted by molar-refractivity contribution is 5.95. The molecule has 3 aromatic rings. The number of benzene rings is 1. The van der Waals surface area contributed by atoms with Crippen LogP contribution in [0, 0.1) is 11.8 Å². The van der Waals surface area contributed by atoms with Crippen molar-refractivity contribution in [1.29, 1.82) is 0 Å². The molecule has 1 aromatic carbocycles. The zero-order valence-electron chi connectivity index (χ0n) is 17.1. The number of carbonyl (C=O) groups is 1. The molecule has 1 saturated heterocycles. The van der Waals surface area contributed by atoms with Crippen molar-refractivity contribution < 1.29 is 18.3 Å². The van der Waals surface area contributed by atoms with E-state index in [-0.39, 0.29) is 17.2 Å². The molecule has 3 heterocycles. The van der Waals surface area contributed by atoms with Crippen molar-refractivity contribution in [2.45, 2.75) is 6.61 Å². The number of ether oxygens (including phenoxy) is 1. The average Bonchev–Trinajstić information content (AvgIpc) is 2.84. The lowest BCUT2D eigenvalue weighted by molar-refractivity contribution is -0.0500. The molecule has 1 amide bonds. The number of aromatic nitrogens is 2. The Balaban J connectivity index is 1.52. The van der Waals surface area contributed by atoms with Gasteiger partial charge < -0.3 is 14.5 Å². The van der Waals surface area contributed by atoms with E-state index in [0.29, 0.717) is 37.4 Å². The normalized spacial score (nSPS) is 13.5. The van der Waals surface area contributed by atoms with Gasteiger partial charge in [-0.2, -0.15) is 8.78 Å². The Morgan fingerprint density at radius 3 is 2.34 bits per heavy atom. The van der Waals surface area contributed by atoms with Crippen LogP contribution in [0.2, 0.25) is 0 Å². The number of rotatable bonds is 4. The zero-order chi connectivity index (χ0) is 22.3. The molecule has 0 N–H and O–H groups in total. The maximum Gasteiger partial charge on any atom is 0.387 e. The molecular weight excluding hydrogens is 414 g/mol. The van der Waals surface area contributed by atoms with Crippen LogP contribution in [-0.2, 0) is 0 Å². The number of pyridine rings is 2. The van der Waals surface area contributed by atoms with E-state index in [1.807, 2.05) is 18.2 Å². The van der Waals surface area contributed by atoms with E-state index < -0.39 is 6.61 Å². The molecule has 6 nitrogen and oxygen atoms in total. The number of alkyl halides is 2.